The van der Waals surface area contributed by atoms with Crippen molar-refractivity contribution in [1.29, 1.82) is 0 Å². The Morgan fingerprint density at radius 3 is 2.50 bits per heavy atom. The molecule has 0 heterocycles. The second kappa shape index (κ2) is 10.9. The van der Waals surface area contributed by atoms with E-state index in [-0.39, 0.29) is 0 Å². The van der Waals surface area contributed by atoms with Gasteiger partial charge >= 0.3 is 0 Å². The van der Waals surface area contributed by atoms with Crippen LogP contribution in [0.3, 0.4) is 0 Å². The van der Waals surface area contributed by atoms with Crippen molar-refractivity contribution in [3.8, 4) is 0 Å². The SMILES string of the molecule is NCCCCCC(O)NCNCCN. The van der Waals surface area contributed by atoms with E-state index in [1.165, 1.54) is 0 Å². The van der Waals surface area contributed by atoms with E-state index >= 15 is 0 Å². The normalized spacial score (nSPS) is 13.1. The zero-order valence-corrected chi connectivity index (χ0v) is 8.84. The second-order valence-electron chi connectivity index (χ2n) is 3.32. The highest BCUT2D eigenvalue weighted by molar-refractivity contribution is 4.54. The van der Waals surface area contributed by atoms with Crippen LogP contribution in [0.25, 0.3) is 0 Å². The number of nitrogens with one attached hydrogen (secondary N) is 2. The van der Waals surface area contributed by atoms with Gasteiger partial charge in [-0.15, -0.1) is 0 Å². The monoisotopic (exact) mass is 204 g/mol. The molecule has 1 unspecified atom stereocenters. The molecule has 0 fully saturated rings. The van der Waals surface area contributed by atoms with Crippen molar-refractivity contribution in [1.82, 2.24) is 10.6 Å². The van der Waals surface area contributed by atoms with Crippen molar-refractivity contribution in [2.75, 3.05) is 26.3 Å². The summed E-state index contributed by atoms with van der Waals surface area (Å²) in [5.74, 6) is 0. The molecule has 0 bridgehead atoms. The second-order valence-corrected chi connectivity index (χ2v) is 3.32. The predicted octanol–water partition coefficient (Wildman–Crippen LogP) is -1.08. The number of hydrogen-bond acceptors (Lipinski definition) is 5. The fraction of sp³-hybridized carbons (Fsp3) is 1.00. The van der Waals surface area contributed by atoms with Gasteiger partial charge in [0.25, 0.3) is 0 Å². The largest absolute Gasteiger partial charge is 0.379 e. The van der Waals surface area contributed by atoms with Gasteiger partial charge in [-0.25, -0.2) is 0 Å². The van der Waals surface area contributed by atoms with Crippen LogP contribution in [0.15, 0.2) is 0 Å². The first-order valence-electron chi connectivity index (χ1n) is 5.33. The first-order valence-corrected chi connectivity index (χ1v) is 5.33. The third kappa shape index (κ3) is 9.88. The average molecular weight is 204 g/mol. The van der Waals surface area contributed by atoms with Crippen LogP contribution in [0.5, 0.6) is 0 Å². The van der Waals surface area contributed by atoms with E-state index in [9.17, 15) is 5.11 Å². The lowest BCUT2D eigenvalue weighted by atomic mass is 10.2. The summed E-state index contributed by atoms with van der Waals surface area (Å²) in [6.07, 6.45) is 3.51. The maximum Gasteiger partial charge on any atom is 0.105 e. The molecule has 1 atom stereocenters. The van der Waals surface area contributed by atoms with Gasteiger partial charge < -0.3 is 21.9 Å². The highest BCUT2D eigenvalue weighted by Crippen LogP contribution is 2.00. The third-order valence-corrected chi connectivity index (χ3v) is 1.97. The van der Waals surface area contributed by atoms with Crippen molar-refractivity contribution in [2.45, 2.75) is 31.9 Å². The van der Waals surface area contributed by atoms with E-state index in [1.54, 1.807) is 0 Å². The van der Waals surface area contributed by atoms with E-state index in [2.05, 4.69) is 10.6 Å². The number of unbranched alkanes of at least 4 members (excludes halogenated alkanes) is 2. The summed E-state index contributed by atoms with van der Waals surface area (Å²) < 4.78 is 0. The fourth-order valence-corrected chi connectivity index (χ4v) is 1.14. The van der Waals surface area contributed by atoms with E-state index in [0.29, 0.717) is 13.2 Å². The van der Waals surface area contributed by atoms with E-state index in [4.69, 9.17) is 11.5 Å². The zero-order valence-electron chi connectivity index (χ0n) is 8.84. The smallest absolute Gasteiger partial charge is 0.105 e. The van der Waals surface area contributed by atoms with Crippen LogP contribution < -0.4 is 22.1 Å². The minimum Gasteiger partial charge on any atom is -0.379 e. The van der Waals surface area contributed by atoms with Gasteiger partial charge in [0.2, 0.25) is 0 Å². The highest BCUT2D eigenvalue weighted by Gasteiger charge is 2.00. The fourth-order valence-electron chi connectivity index (χ4n) is 1.14. The Hall–Kier alpha value is -0.200. The Morgan fingerprint density at radius 1 is 1.07 bits per heavy atom. The number of aliphatic hydroxyl groups excluding tert-OH is 1. The predicted molar refractivity (Wildman–Crippen MR) is 58.6 cm³/mol. The zero-order chi connectivity index (χ0) is 10.6. The quantitative estimate of drug-likeness (QED) is 0.230. The molecule has 0 amide bonds. The van der Waals surface area contributed by atoms with Crippen LogP contribution >= 0.6 is 0 Å². The van der Waals surface area contributed by atoms with E-state index in [0.717, 1.165) is 38.8 Å². The van der Waals surface area contributed by atoms with Crippen molar-refractivity contribution in [2.24, 2.45) is 11.5 Å². The molecule has 0 radical (unpaired) electrons. The summed E-state index contributed by atoms with van der Waals surface area (Å²) in [4.78, 5) is 0. The Labute approximate surface area is 86.2 Å². The van der Waals surface area contributed by atoms with Gasteiger partial charge in [-0.05, 0) is 25.8 Å². The molecular formula is C9H24N4O. The molecule has 0 aromatic rings. The molecule has 0 saturated heterocycles. The summed E-state index contributed by atoms with van der Waals surface area (Å²) in [6, 6.07) is 0. The summed E-state index contributed by atoms with van der Waals surface area (Å²) in [7, 11) is 0. The standard InChI is InChI=1S/C9H24N4O/c10-5-3-1-2-4-9(14)13-8-12-7-6-11/h9,12-14H,1-8,10-11H2. The summed E-state index contributed by atoms with van der Waals surface area (Å²) in [5.41, 5.74) is 10.7. The third-order valence-electron chi connectivity index (χ3n) is 1.97. The molecule has 7 N–H and O–H groups in total. The van der Waals surface area contributed by atoms with Gasteiger partial charge in [0.05, 0.1) is 0 Å². The van der Waals surface area contributed by atoms with Crippen LogP contribution in [-0.2, 0) is 0 Å². The molecule has 0 aromatic heterocycles. The molecule has 0 aromatic carbocycles. The Bertz CT molecular complexity index is 101. The van der Waals surface area contributed by atoms with Gasteiger partial charge in [0.15, 0.2) is 0 Å². The van der Waals surface area contributed by atoms with Gasteiger partial charge in [0, 0.05) is 19.8 Å². The Kier molecular flexibility index (Phi) is 10.7. The van der Waals surface area contributed by atoms with E-state index in [1.807, 2.05) is 0 Å². The lowest BCUT2D eigenvalue weighted by Gasteiger charge is -2.12. The van der Waals surface area contributed by atoms with Gasteiger partial charge in [0.1, 0.15) is 6.23 Å². The number of aliphatic hydroxyl groups is 1. The highest BCUT2D eigenvalue weighted by atomic mass is 16.3. The molecule has 0 aliphatic rings. The van der Waals surface area contributed by atoms with Crippen molar-refractivity contribution in [3.05, 3.63) is 0 Å². The number of hydrogen-bond donors (Lipinski definition) is 5. The molecule has 0 aliphatic carbocycles. The first-order chi connectivity index (χ1) is 6.81. The van der Waals surface area contributed by atoms with Gasteiger partial charge in [-0.1, -0.05) is 6.42 Å². The molecule has 86 valence electrons. The lowest BCUT2D eigenvalue weighted by Crippen LogP contribution is -2.38. The minimum absolute atomic E-state index is 0.418. The maximum atomic E-state index is 9.43. The summed E-state index contributed by atoms with van der Waals surface area (Å²) >= 11 is 0. The molecule has 14 heavy (non-hydrogen) atoms. The van der Waals surface area contributed by atoms with Crippen molar-refractivity contribution in [3.63, 3.8) is 0 Å². The Morgan fingerprint density at radius 2 is 1.86 bits per heavy atom. The topological polar surface area (TPSA) is 96.3 Å². The molecule has 0 spiro atoms. The van der Waals surface area contributed by atoms with Crippen LogP contribution in [0.1, 0.15) is 25.7 Å². The first kappa shape index (κ1) is 13.8. The van der Waals surface area contributed by atoms with E-state index < -0.39 is 6.23 Å². The van der Waals surface area contributed by atoms with Gasteiger partial charge in [-0.2, -0.15) is 0 Å². The molecular weight excluding hydrogens is 180 g/mol. The lowest BCUT2D eigenvalue weighted by molar-refractivity contribution is 0.122. The molecule has 5 nitrogen and oxygen atoms in total. The minimum atomic E-state index is -0.418. The van der Waals surface area contributed by atoms with Crippen LogP contribution in [0.4, 0.5) is 0 Å². The molecule has 0 aliphatic heterocycles. The maximum absolute atomic E-state index is 9.43. The van der Waals surface area contributed by atoms with Gasteiger partial charge in [-0.3, -0.25) is 5.32 Å². The summed E-state index contributed by atoms with van der Waals surface area (Å²) in [6.45, 7) is 2.73. The molecule has 5 heteroatoms. The summed E-state index contributed by atoms with van der Waals surface area (Å²) in [5, 5.41) is 15.4. The molecule has 0 rings (SSSR count). The number of rotatable bonds is 10. The van der Waals surface area contributed by atoms with Crippen LogP contribution in [-0.4, -0.2) is 37.6 Å². The number of nitrogens with two attached hydrogens (primary N) is 2. The van der Waals surface area contributed by atoms with Crippen LogP contribution in [0.2, 0.25) is 0 Å². The molecule has 0 saturated carbocycles. The van der Waals surface area contributed by atoms with Crippen LogP contribution in [0, 0.1) is 0 Å². The average Bonchev–Trinajstić information content (AvgIpc) is 2.19. The Balaban J connectivity index is 3.07. The van der Waals surface area contributed by atoms with Crippen molar-refractivity contribution < 1.29 is 5.11 Å². The van der Waals surface area contributed by atoms with Crippen molar-refractivity contribution >= 4 is 0 Å².